The Hall–Kier alpha value is -2.41. The molecule has 2 aromatic heterocycles. The molecule has 0 bridgehead atoms. The van der Waals surface area contributed by atoms with Crippen molar-refractivity contribution >= 4 is 9.84 Å². The Kier molecular flexibility index (Phi) is 3.13. The van der Waals surface area contributed by atoms with Crippen LogP contribution in [-0.4, -0.2) is 29.4 Å². The average molecular weight is 303 g/mol. The van der Waals surface area contributed by atoms with Gasteiger partial charge in [0.1, 0.15) is 5.69 Å². The molecule has 3 aromatic rings. The summed E-state index contributed by atoms with van der Waals surface area (Å²) >= 11 is 0. The zero-order valence-corrected chi connectivity index (χ0v) is 12.3. The largest absolute Gasteiger partial charge is 0.347 e. The maximum absolute atomic E-state index is 11.4. The van der Waals surface area contributed by atoms with Crippen LogP contribution < -0.4 is 0 Å². The number of aryl methyl sites for hydroxylation is 1. The van der Waals surface area contributed by atoms with Crippen molar-refractivity contribution in [1.82, 2.24) is 14.7 Å². The minimum atomic E-state index is -3.21. The molecule has 2 heterocycles. The Labute approximate surface area is 122 Å². The van der Waals surface area contributed by atoms with E-state index in [1.165, 1.54) is 18.4 Å². The molecule has 0 radical (unpaired) electrons. The van der Waals surface area contributed by atoms with Gasteiger partial charge in [-0.3, -0.25) is 0 Å². The lowest BCUT2D eigenvalue weighted by Gasteiger charge is -1.98. The van der Waals surface area contributed by atoms with Crippen LogP contribution in [0.3, 0.4) is 0 Å². The minimum Gasteiger partial charge on any atom is -0.347 e. The number of rotatable bonds is 3. The second-order valence-corrected chi connectivity index (χ2v) is 6.74. The Morgan fingerprint density at radius 2 is 1.86 bits per heavy atom. The molecule has 21 heavy (non-hydrogen) atoms. The first-order valence-corrected chi connectivity index (χ1v) is 8.10. The number of sulfone groups is 1. The van der Waals surface area contributed by atoms with Crippen molar-refractivity contribution in [1.29, 1.82) is 0 Å². The molecular weight excluding hydrogens is 290 g/mol. The third-order valence-corrected chi connectivity index (χ3v) is 4.26. The van der Waals surface area contributed by atoms with Gasteiger partial charge in [0.15, 0.2) is 9.84 Å². The third-order valence-electron chi connectivity index (χ3n) is 3.13. The van der Waals surface area contributed by atoms with Crippen molar-refractivity contribution < 1.29 is 12.9 Å². The number of nitrogens with zero attached hydrogens (tertiary/aromatic N) is 3. The maximum Gasteiger partial charge on any atom is 0.274 e. The van der Waals surface area contributed by atoms with Crippen molar-refractivity contribution in [2.24, 2.45) is 7.05 Å². The lowest BCUT2D eigenvalue weighted by atomic mass is 10.2. The molecule has 0 unspecified atom stereocenters. The van der Waals surface area contributed by atoms with Gasteiger partial charge in [0, 0.05) is 25.1 Å². The molecule has 0 amide bonds. The predicted octanol–water partition coefficient (Wildman–Crippen LogP) is 2.15. The first kappa shape index (κ1) is 13.6. The van der Waals surface area contributed by atoms with Crippen molar-refractivity contribution in [3.8, 4) is 23.0 Å². The van der Waals surface area contributed by atoms with E-state index in [0.29, 0.717) is 17.3 Å². The fourth-order valence-corrected chi connectivity index (χ4v) is 2.61. The SMILES string of the molecule is Cn1cccc1-c1nc(-c2ccc(S(C)(=O)=O)cc2)no1. The number of hydrogen-bond acceptors (Lipinski definition) is 5. The summed E-state index contributed by atoms with van der Waals surface area (Å²) in [6.07, 6.45) is 3.06. The Bertz CT molecular complexity index is 876. The van der Waals surface area contributed by atoms with Gasteiger partial charge in [0.25, 0.3) is 5.89 Å². The summed E-state index contributed by atoms with van der Waals surface area (Å²) in [6, 6.07) is 10.2. The van der Waals surface area contributed by atoms with Gasteiger partial charge in [-0.05, 0) is 36.4 Å². The maximum atomic E-state index is 11.4. The monoisotopic (exact) mass is 303 g/mol. The second-order valence-electron chi connectivity index (χ2n) is 4.72. The summed E-state index contributed by atoms with van der Waals surface area (Å²) in [5.41, 5.74) is 1.52. The standard InChI is InChI=1S/C14H13N3O3S/c1-17-9-3-4-12(17)14-15-13(16-20-14)10-5-7-11(8-6-10)21(2,18)19/h3-9H,1-2H3. The van der Waals surface area contributed by atoms with Crippen molar-refractivity contribution in [2.45, 2.75) is 4.90 Å². The summed E-state index contributed by atoms with van der Waals surface area (Å²) in [6.45, 7) is 0. The fourth-order valence-electron chi connectivity index (χ4n) is 1.98. The van der Waals surface area contributed by atoms with E-state index in [1.54, 1.807) is 12.1 Å². The summed E-state index contributed by atoms with van der Waals surface area (Å²) in [5, 5.41) is 3.93. The van der Waals surface area contributed by atoms with Crippen LogP contribution in [0.25, 0.3) is 23.0 Å². The smallest absolute Gasteiger partial charge is 0.274 e. The van der Waals surface area contributed by atoms with E-state index in [-0.39, 0.29) is 4.90 Å². The van der Waals surface area contributed by atoms with E-state index in [9.17, 15) is 8.42 Å². The highest BCUT2D eigenvalue weighted by Gasteiger charge is 2.13. The van der Waals surface area contributed by atoms with Gasteiger partial charge in [0.05, 0.1) is 4.90 Å². The molecule has 0 aliphatic rings. The molecule has 0 spiro atoms. The molecule has 0 atom stereocenters. The van der Waals surface area contributed by atoms with E-state index >= 15 is 0 Å². The van der Waals surface area contributed by atoms with Crippen molar-refractivity contribution in [3.05, 3.63) is 42.6 Å². The van der Waals surface area contributed by atoms with Crippen LogP contribution in [0, 0.1) is 0 Å². The van der Waals surface area contributed by atoms with Crippen LogP contribution in [0.5, 0.6) is 0 Å². The van der Waals surface area contributed by atoms with Gasteiger partial charge in [-0.15, -0.1) is 0 Å². The van der Waals surface area contributed by atoms with Gasteiger partial charge in [0.2, 0.25) is 5.82 Å². The molecule has 3 rings (SSSR count). The zero-order chi connectivity index (χ0) is 15.0. The molecule has 0 aliphatic heterocycles. The molecule has 0 aliphatic carbocycles. The summed E-state index contributed by atoms with van der Waals surface area (Å²) in [5.74, 6) is 0.843. The predicted molar refractivity (Wildman–Crippen MR) is 77.3 cm³/mol. The first-order chi connectivity index (χ1) is 9.95. The van der Waals surface area contributed by atoms with Crippen LogP contribution in [0.1, 0.15) is 0 Å². The van der Waals surface area contributed by atoms with E-state index in [0.717, 1.165) is 5.69 Å². The van der Waals surface area contributed by atoms with Crippen molar-refractivity contribution in [3.63, 3.8) is 0 Å². The molecule has 6 nitrogen and oxygen atoms in total. The highest BCUT2D eigenvalue weighted by Crippen LogP contribution is 2.23. The minimum absolute atomic E-state index is 0.261. The van der Waals surface area contributed by atoms with Gasteiger partial charge in [-0.1, -0.05) is 5.16 Å². The van der Waals surface area contributed by atoms with E-state index in [2.05, 4.69) is 10.1 Å². The molecule has 0 saturated carbocycles. The fraction of sp³-hybridized carbons (Fsp3) is 0.143. The van der Waals surface area contributed by atoms with Crippen LogP contribution >= 0.6 is 0 Å². The molecule has 0 saturated heterocycles. The van der Waals surface area contributed by atoms with Gasteiger partial charge < -0.3 is 9.09 Å². The lowest BCUT2D eigenvalue weighted by molar-refractivity contribution is 0.429. The Morgan fingerprint density at radius 1 is 1.14 bits per heavy atom. The molecule has 7 heteroatoms. The average Bonchev–Trinajstić information content (AvgIpc) is 3.06. The molecular formula is C14H13N3O3S. The van der Waals surface area contributed by atoms with Gasteiger partial charge in [-0.2, -0.15) is 4.98 Å². The summed E-state index contributed by atoms with van der Waals surface area (Å²) in [4.78, 5) is 4.59. The molecule has 0 N–H and O–H groups in total. The molecule has 1 aromatic carbocycles. The topological polar surface area (TPSA) is 78.0 Å². The van der Waals surface area contributed by atoms with E-state index < -0.39 is 9.84 Å². The van der Waals surface area contributed by atoms with Gasteiger partial charge >= 0.3 is 0 Å². The van der Waals surface area contributed by atoms with Crippen LogP contribution in [-0.2, 0) is 16.9 Å². The van der Waals surface area contributed by atoms with E-state index in [4.69, 9.17) is 4.52 Å². The Morgan fingerprint density at radius 3 is 2.43 bits per heavy atom. The second kappa shape index (κ2) is 4.85. The summed E-state index contributed by atoms with van der Waals surface area (Å²) < 4.78 is 30.0. The third kappa shape index (κ3) is 2.59. The van der Waals surface area contributed by atoms with Crippen LogP contribution in [0.15, 0.2) is 52.0 Å². The summed E-state index contributed by atoms with van der Waals surface area (Å²) in [7, 11) is -1.32. The number of hydrogen-bond donors (Lipinski definition) is 0. The van der Waals surface area contributed by atoms with Gasteiger partial charge in [-0.25, -0.2) is 8.42 Å². The Balaban J connectivity index is 1.95. The van der Waals surface area contributed by atoms with Crippen molar-refractivity contribution in [2.75, 3.05) is 6.26 Å². The highest BCUT2D eigenvalue weighted by atomic mass is 32.2. The highest BCUT2D eigenvalue weighted by molar-refractivity contribution is 7.90. The quantitative estimate of drug-likeness (QED) is 0.741. The molecule has 108 valence electrons. The van der Waals surface area contributed by atoms with Crippen LogP contribution in [0.4, 0.5) is 0 Å². The number of aromatic nitrogens is 3. The lowest BCUT2D eigenvalue weighted by Crippen LogP contribution is -1.96. The molecule has 0 fully saturated rings. The van der Waals surface area contributed by atoms with E-state index in [1.807, 2.05) is 29.9 Å². The van der Waals surface area contributed by atoms with Crippen LogP contribution in [0.2, 0.25) is 0 Å². The number of benzene rings is 1. The first-order valence-electron chi connectivity index (χ1n) is 6.21. The normalized spacial score (nSPS) is 11.7. The zero-order valence-electron chi connectivity index (χ0n) is 11.5.